The molecule has 0 aromatic carbocycles. The lowest BCUT2D eigenvalue weighted by atomic mass is 9.83. The molecule has 0 radical (unpaired) electrons. The van der Waals surface area contributed by atoms with Gasteiger partial charge in [0.1, 0.15) is 6.04 Å². The standard InChI is InChI=1S/C15H25F3N2O2/c1-9-7-20(8-14(9,5)6)11(21)10(13(2,3)4)19-12(22)15(16,17)18/h9-10H,7-8H2,1-6H3,(H,19,22). The maximum absolute atomic E-state index is 12.6. The molecule has 2 atom stereocenters. The van der Waals surface area contributed by atoms with E-state index in [9.17, 15) is 22.8 Å². The van der Waals surface area contributed by atoms with Crippen LogP contribution in [0.1, 0.15) is 41.5 Å². The third kappa shape index (κ3) is 4.14. The molecular formula is C15H25F3N2O2. The van der Waals surface area contributed by atoms with Crippen molar-refractivity contribution in [3.63, 3.8) is 0 Å². The SMILES string of the molecule is CC1CN(C(=O)C(NC(=O)C(F)(F)F)C(C)(C)C)CC1(C)C. The zero-order chi connectivity index (χ0) is 17.5. The number of hydrogen-bond donors (Lipinski definition) is 1. The van der Waals surface area contributed by atoms with Gasteiger partial charge in [0.05, 0.1) is 0 Å². The van der Waals surface area contributed by atoms with Gasteiger partial charge in [0, 0.05) is 13.1 Å². The Bertz CT molecular complexity index is 453. The summed E-state index contributed by atoms with van der Waals surface area (Å²) in [6, 6.07) is -1.21. The topological polar surface area (TPSA) is 49.4 Å². The minimum absolute atomic E-state index is 0.0911. The van der Waals surface area contributed by atoms with Gasteiger partial charge in [-0.1, -0.05) is 41.5 Å². The Morgan fingerprint density at radius 3 is 2.05 bits per heavy atom. The summed E-state index contributed by atoms with van der Waals surface area (Å²) in [5.41, 5.74) is -0.903. The average molecular weight is 322 g/mol. The van der Waals surface area contributed by atoms with E-state index in [-0.39, 0.29) is 11.3 Å². The Kier molecular flexibility index (Phi) is 4.90. The number of rotatable bonds is 2. The van der Waals surface area contributed by atoms with Crippen molar-refractivity contribution in [2.75, 3.05) is 13.1 Å². The van der Waals surface area contributed by atoms with Crippen molar-refractivity contribution in [2.24, 2.45) is 16.7 Å². The summed E-state index contributed by atoms with van der Waals surface area (Å²) >= 11 is 0. The lowest BCUT2D eigenvalue weighted by Crippen LogP contribution is -2.56. The van der Waals surface area contributed by atoms with Gasteiger partial charge in [-0.2, -0.15) is 13.2 Å². The molecule has 1 N–H and O–H groups in total. The maximum atomic E-state index is 12.6. The molecule has 4 nitrogen and oxygen atoms in total. The molecule has 0 spiro atoms. The smallest absolute Gasteiger partial charge is 0.340 e. The van der Waals surface area contributed by atoms with E-state index in [1.54, 1.807) is 25.7 Å². The van der Waals surface area contributed by atoms with E-state index in [0.717, 1.165) is 0 Å². The number of likely N-dealkylation sites (tertiary alicyclic amines) is 1. The van der Waals surface area contributed by atoms with Crippen LogP contribution in [0.15, 0.2) is 0 Å². The van der Waals surface area contributed by atoms with Gasteiger partial charge < -0.3 is 10.2 Å². The predicted octanol–water partition coefficient (Wildman–Crippen LogP) is 2.58. The summed E-state index contributed by atoms with van der Waals surface area (Å²) in [7, 11) is 0. The van der Waals surface area contributed by atoms with Crippen LogP contribution in [0.3, 0.4) is 0 Å². The molecule has 2 amide bonds. The van der Waals surface area contributed by atoms with Crippen molar-refractivity contribution >= 4 is 11.8 Å². The summed E-state index contributed by atoms with van der Waals surface area (Å²) in [6.45, 7) is 11.9. The first-order valence-electron chi connectivity index (χ1n) is 7.33. The number of amides is 2. The fourth-order valence-corrected chi connectivity index (χ4v) is 2.50. The lowest BCUT2D eigenvalue weighted by Gasteiger charge is -2.34. The molecule has 1 fully saturated rings. The van der Waals surface area contributed by atoms with Crippen LogP contribution >= 0.6 is 0 Å². The molecule has 1 saturated heterocycles. The molecule has 0 aromatic rings. The fourth-order valence-electron chi connectivity index (χ4n) is 2.50. The van der Waals surface area contributed by atoms with Gasteiger partial charge in [-0.3, -0.25) is 9.59 Å². The lowest BCUT2D eigenvalue weighted by molar-refractivity contribution is -0.176. The largest absolute Gasteiger partial charge is 0.471 e. The van der Waals surface area contributed by atoms with Crippen molar-refractivity contribution in [2.45, 2.75) is 53.8 Å². The van der Waals surface area contributed by atoms with E-state index in [1.807, 2.05) is 26.1 Å². The van der Waals surface area contributed by atoms with E-state index >= 15 is 0 Å². The number of nitrogens with zero attached hydrogens (tertiary/aromatic N) is 1. The fraction of sp³-hybridized carbons (Fsp3) is 0.867. The van der Waals surface area contributed by atoms with Crippen molar-refractivity contribution in [1.29, 1.82) is 0 Å². The van der Waals surface area contributed by atoms with Crippen LogP contribution in [0.25, 0.3) is 0 Å². The Balaban J connectivity index is 2.95. The second-order valence-corrected chi connectivity index (χ2v) is 7.88. The average Bonchev–Trinajstić information content (AvgIpc) is 2.57. The van der Waals surface area contributed by atoms with Crippen molar-refractivity contribution in [1.82, 2.24) is 10.2 Å². The molecule has 1 rings (SSSR count). The summed E-state index contributed by atoms with van der Waals surface area (Å²) in [6.07, 6.45) is -5.00. The van der Waals surface area contributed by atoms with Crippen molar-refractivity contribution in [3.05, 3.63) is 0 Å². The molecule has 128 valence electrons. The van der Waals surface area contributed by atoms with E-state index in [2.05, 4.69) is 0 Å². The molecule has 2 unspecified atom stereocenters. The summed E-state index contributed by atoms with van der Waals surface area (Å²) in [5.74, 6) is -2.29. The van der Waals surface area contributed by atoms with E-state index in [4.69, 9.17) is 0 Å². The number of carbonyl (C=O) groups excluding carboxylic acids is 2. The second kappa shape index (κ2) is 5.74. The van der Waals surface area contributed by atoms with Crippen molar-refractivity contribution in [3.8, 4) is 0 Å². The zero-order valence-electron chi connectivity index (χ0n) is 14.0. The van der Waals surface area contributed by atoms with Crippen LogP contribution in [0.4, 0.5) is 13.2 Å². The van der Waals surface area contributed by atoms with Gasteiger partial charge in [0.25, 0.3) is 0 Å². The van der Waals surface area contributed by atoms with E-state index < -0.39 is 29.4 Å². The Morgan fingerprint density at radius 2 is 1.73 bits per heavy atom. The number of carbonyl (C=O) groups is 2. The minimum Gasteiger partial charge on any atom is -0.340 e. The highest BCUT2D eigenvalue weighted by Gasteiger charge is 2.46. The molecule has 0 saturated carbocycles. The quantitative estimate of drug-likeness (QED) is 0.849. The number of nitrogens with one attached hydrogen (secondary N) is 1. The van der Waals surface area contributed by atoms with Crippen LogP contribution in [-0.4, -0.2) is 42.0 Å². The third-order valence-corrected chi connectivity index (χ3v) is 4.38. The van der Waals surface area contributed by atoms with E-state index in [1.165, 1.54) is 0 Å². The monoisotopic (exact) mass is 322 g/mol. The highest BCUT2D eigenvalue weighted by molar-refractivity contribution is 5.90. The molecule has 0 bridgehead atoms. The highest BCUT2D eigenvalue weighted by atomic mass is 19.4. The van der Waals surface area contributed by atoms with Crippen LogP contribution in [0.5, 0.6) is 0 Å². The molecule has 1 aliphatic rings. The molecule has 7 heteroatoms. The Hall–Kier alpha value is -1.27. The zero-order valence-corrected chi connectivity index (χ0v) is 14.0. The first kappa shape index (κ1) is 18.8. The van der Waals surface area contributed by atoms with Gasteiger partial charge in [-0.15, -0.1) is 0 Å². The number of alkyl halides is 3. The van der Waals surface area contributed by atoms with Crippen molar-refractivity contribution < 1.29 is 22.8 Å². The van der Waals surface area contributed by atoms with Gasteiger partial charge in [-0.05, 0) is 16.7 Å². The van der Waals surface area contributed by atoms with Gasteiger partial charge in [0.2, 0.25) is 5.91 Å². The predicted molar refractivity (Wildman–Crippen MR) is 77.0 cm³/mol. The number of hydrogen-bond acceptors (Lipinski definition) is 2. The molecule has 22 heavy (non-hydrogen) atoms. The van der Waals surface area contributed by atoms with Crippen LogP contribution < -0.4 is 5.32 Å². The highest BCUT2D eigenvalue weighted by Crippen LogP contribution is 2.36. The van der Waals surface area contributed by atoms with Gasteiger partial charge >= 0.3 is 12.1 Å². The summed E-state index contributed by atoms with van der Waals surface area (Å²) in [5, 5.41) is 1.86. The molecular weight excluding hydrogens is 297 g/mol. The minimum atomic E-state index is -5.00. The Labute approximate surface area is 129 Å². The molecule has 0 aromatic heterocycles. The summed E-state index contributed by atoms with van der Waals surface area (Å²) in [4.78, 5) is 25.4. The molecule has 1 aliphatic heterocycles. The van der Waals surface area contributed by atoms with Crippen LogP contribution in [0, 0.1) is 16.7 Å². The third-order valence-electron chi connectivity index (χ3n) is 4.38. The van der Waals surface area contributed by atoms with Crippen LogP contribution in [0.2, 0.25) is 0 Å². The second-order valence-electron chi connectivity index (χ2n) is 7.88. The van der Waals surface area contributed by atoms with E-state index in [0.29, 0.717) is 13.1 Å². The molecule has 1 heterocycles. The van der Waals surface area contributed by atoms with Gasteiger partial charge in [-0.25, -0.2) is 0 Å². The number of halogens is 3. The molecule has 0 aliphatic carbocycles. The first-order valence-corrected chi connectivity index (χ1v) is 7.33. The summed E-state index contributed by atoms with van der Waals surface area (Å²) < 4.78 is 37.5. The first-order chi connectivity index (χ1) is 9.66. The van der Waals surface area contributed by atoms with Crippen LogP contribution in [-0.2, 0) is 9.59 Å². The maximum Gasteiger partial charge on any atom is 0.471 e. The van der Waals surface area contributed by atoms with Gasteiger partial charge in [0.15, 0.2) is 0 Å². The normalized spacial score (nSPS) is 23.3. The Morgan fingerprint density at radius 1 is 1.23 bits per heavy atom.